The smallest absolute Gasteiger partial charge is 0.329 e. The zero-order valence-corrected chi connectivity index (χ0v) is 15.9. The number of hydrogen-bond donors (Lipinski definition) is 1. The van der Waals surface area contributed by atoms with Gasteiger partial charge in [0.1, 0.15) is 11.6 Å². The molecule has 0 radical (unpaired) electrons. The van der Waals surface area contributed by atoms with Crippen LogP contribution in [0.1, 0.15) is 26.2 Å². The number of imide groups is 1. The van der Waals surface area contributed by atoms with Gasteiger partial charge in [0.25, 0.3) is 0 Å². The van der Waals surface area contributed by atoms with Crippen molar-refractivity contribution >= 4 is 40.6 Å². The Morgan fingerprint density at radius 3 is 2.71 bits per heavy atom. The predicted octanol–water partition coefficient (Wildman–Crippen LogP) is 1.96. The van der Waals surface area contributed by atoms with Gasteiger partial charge in [-0.25, -0.2) is 9.18 Å². The lowest BCUT2D eigenvalue weighted by Gasteiger charge is -2.55. The van der Waals surface area contributed by atoms with Crippen LogP contribution in [0.15, 0.2) is 12.1 Å². The van der Waals surface area contributed by atoms with Gasteiger partial charge in [-0.3, -0.25) is 24.5 Å². The summed E-state index contributed by atoms with van der Waals surface area (Å²) in [6.07, 6.45) is 2.14. The van der Waals surface area contributed by atoms with Crippen LogP contribution in [0.25, 0.3) is 10.9 Å². The second-order valence-corrected chi connectivity index (χ2v) is 7.74. The highest BCUT2D eigenvalue weighted by molar-refractivity contribution is 6.04. The zero-order valence-electron chi connectivity index (χ0n) is 15.9. The number of Topliss-reactive ketones (excluding diaryl/α,β-unsaturated/α-hetero) is 1. The minimum Gasteiger partial charge on any atom is -0.368 e. The third-order valence-electron chi connectivity index (χ3n) is 5.57. The molecule has 1 N–H and O–H groups in total. The molecule has 3 amide bonds. The zero-order chi connectivity index (χ0) is 20.1. The summed E-state index contributed by atoms with van der Waals surface area (Å²) in [5.41, 5.74) is 1.20. The number of halogens is 1. The van der Waals surface area contributed by atoms with Crippen LogP contribution in [0, 0.1) is 11.2 Å². The van der Waals surface area contributed by atoms with E-state index in [0.717, 1.165) is 0 Å². The summed E-state index contributed by atoms with van der Waals surface area (Å²) in [6, 6.07) is 2.53. The molecule has 2 aliphatic rings. The molecule has 2 fully saturated rings. The molecule has 0 bridgehead atoms. The Kier molecular flexibility index (Phi) is 4.32. The van der Waals surface area contributed by atoms with Crippen molar-refractivity contribution in [1.29, 1.82) is 0 Å². The van der Waals surface area contributed by atoms with Crippen LogP contribution < -0.4 is 15.1 Å². The molecule has 148 valence electrons. The van der Waals surface area contributed by atoms with Gasteiger partial charge in [-0.05, 0) is 18.6 Å². The molecular weight excluding hydrogens is 365 g/mol. The third kappa shape index (κ3) is 2.81. The number of hydrogen-bond acceptors (Lipinski definition) is 5. The highest BCUT2D eigenvalue weighted by Gasteiger charge is 2.52. The van der Waals surface area contributed by atoms with Crippen LogP contribution in [0.2, 0.25) is 0 Å². The van der Waals surface area contributed by atoms with E-state index >= 15 is 0 Å². The highest BCUT2D eigenvalue weighted by Crippen LogP contribution is 2.48. The molecule has 1 saturated carbocycles. The first-order valence-electron chi connectivity index (χ1n) is 9.32. The molecular formula is C19H22FN5O3. The standard InChI is InChI=1S/C19H22FN5O3/c1-3-4-25(18(28)21-11-26)17-13-5-14(20)16(6-15(13)23(2)22-17)24-9-19(10-24)7-12(27)8-19/h5-6,11H,3-4,7-10H2,1-2H3,(H,21,26,28). The summed E-state index contributed by atoms with van der Waals surface area (Å²) in [5, 5.41) is 7.02. The maximum Gasteiger partial charge on any atom is 0.329 e. The van der Waals surface area contributed by atoms with Crippen molar-refractivity contribution in [3.63, 3.8) is 0 Å². The van der Waals surface area contributed by atoms with E-state index in [2.05, 4.69) is 10.4 Å². The highest BCUT2D eigenvalue weighted by atomic mass is 19.1. The number of benzene rings is 1. The number of amides is 3. The average molecular weight is 387 g/mol. The second-order valence-electron chi connectivity index (χ2n) is 7.74. The molecule has 1 saturated heterocycles. The molecule has 0 atom stereocenters. The summed E-state index contributed by atoms with van der Waals surface area (Å²) in [7, 11) is 1.73. The molecule has 9 heteroatoms. The van der Waals surface area contributed by atoms with Crippen LogP contribution in [-0.4, -0.2) is 47.6 Å². The first-order valence-corrected chi connectivity index (χ1v) is 9.32. The quantitative estimate of drug-likeness (QED) is 0.793. The van der Waals surface area contributed by atoms with E-state index in [-0.39, 0.29) is 11.2 Å². The number of ketones is 1. The molecule has 1 aliphatic heterocycles. The number of carbonyl (C=O) groups excluding carboxylic acids is 3. The molecule has 1 aromatic carbocycles. The largest absolute Gasteiger partial charge is 0.368 e. The summed E-state index contributed by atoms with van der Waals surface area (Å²) in [6.45, 7) is 3.60. The van der Waals surface area contributed by atoms with Crippen molar-refractivity contribution in [2.45, 2.75) is 26.2 Å². The number of urea groups is 1. The fourth-order valence-corrected chi connectivity index (χ4v) is 4.29. The van der Waals surface area contributed by atoms with Crippen LogP contribution >= 0.6 is 0 Å². The number of nitrogens with one attached hydrogen (secondary N) is 1. The average Bonchev–Trinajstić information content (AvgIpc) is 2.90. The van der Waals surface area contributed by atoms with E-state index in [0.29, 0.717) is 67.7 Å². The summed E-state index contributed by atoms with van der Waals surface area (Å²) in [5.74, 6) is 0.194. The van der Waals surface area contributed by atoms with Gasteiger partial charge < -0.3 is 4.90 Å². The van der Waals surface area contributed by atoms with Gasteiger partial charge in [-0.15, -0.1) is 0 Å². The Bertz CT molecular complexity index is 970. The van der Waals surface area contributed by atoms with Crippen molar-refractivity contribution in [3.05, 3.63) is 17.9 Å². The van der Waals surface area contributed by atoms with E-state index in [1.807, 2.05) is 11.8 Å². The Morgan fingerprint density at radius 2 is 2.11 bits per heavy atom. The Balaban J connectivity index is 1.68. The number of aryl methyl sites for hydroxylation is 1. The molecule has 1 aliphatic carbocycles. The summed E-state index contributed by atoms with van der Waals surface area (Å²) < 4.78 is 16.5. The maximum absolute atomic E-state index is 14.9. The Labute approximate surface area is 161 Å². The molecule has 0 unspecified atom stereocenters. The molecule has 28 heavy (non-hydrogen) atoms. The van der Waals surface area contributed by atoms with Gasteiger partial charge in [0.15, 0.2) is 5.82 Å². The molecule has 4 rings (SSSR count). The number of anilines is 2. The third-order valence-corrected chi connectivity index (χ3v) is 5.57. The van der Waals surface area contributed by atoms with Crippen molar-refractivity contribution in [3.8, 4) is 0 Å². The van der Waals surface area contributed by atoms with Gasteiger partial charge in [0.2, 0.25) is 6.41 Å². The topological polar surface area (TPSA) is 87.5 Å². The minimum atomic E-state index is -0.597. The minimum absolute atomic E-state index is 0.0287. The van der Waals surface area contributed by atoms with E-state index in [1.54, 1.807) is 17.8 Å². The SMILES string of the molecule is CCCN(C(=O)NC=O)c1nn(C)c2cc(N3CC4(CC(=O)C4)C3)c(F)cc12. The van der Waals surface area contributed by atoms with Gasteiger partial charge in [0, 0.05) is 50.3 Å². The van der Waals surface area contributed by atoms with Crippen LogP contribution in [-0.2, 0) is 16.6 Å². The van der Waals surface area contributed by atoms with Crippen LogP contribution in [0.4, 0.5) is 20.7 Å². The number of carbonyl (C=O) groups is 3. The second kappa shape index (κ2) is 6.57. The lowest BCUT2D eigenvalue weighted by molar-refractivity contribution is -0.134. The molecule has 2 heterocycles. The Hall–Kier alpha value is -2.97. The van der Waals surface area contributed by atoms with E-state index < -0.39 is 11.8 Å². The molecule has 2 aromatic rings. The van der Waals surface area contributed by atoms with Gasteiger partial charge in [-0.1, -0.05) is 6.92 Å². The van der Waals surface area contributed by atoms with Crippen LogP contribution in [0.3, 0.4) is 0 Å². The van der Waals surface area contributed by atoms with Gasteiger partial charge in [0.05, 0.1) is 11.2 Å². The van der Waals surface area contributed by atoms with Gasteiger partial charge in [-0.2, -0.15) is 5.10 Å². The number of aromatic nitrogens is 2. The molecule has 1 spiro atoms. The number of rotatable bonds is 5. The first kappa shape index (κ1) is 18.4. The van der Waals surface area contributed by atoms with Crippen molar-refractivity contribution in [1.82, 2.24) is 15.1 Å². The van der Waals surface area contributed by atoms with Gasteiger partial charge >= 0.3 is 6.03 Å². The molecule has 8 nitrogen and oxygen atoms in total. The number of fused-ring (bicyclic) bond motifs is 1. The van der Waals surface area contributed by atoms with Crippen molar-refractivity contribution < 1.29 is 18.8 Å². The maximum atomic E-state index is 14.9. The predicted molar refractivity (Wildman–Crippen MR) is 102 cm³/mol. The Morgan fingerprint density at radius 1 is 1.39 bits per heavy atom. The monoisotopic (exact) mass is 387 g/mol. The molecule has 1 aromatic heterocycles. The summed E-state index contributed by atoms with van der Waals surface area (Å²) >= 11 is 0. The lowest BCUT2D eigenvalue weighted by atomic mass is 9.62. The fourth-order valence-electron chi connectivity index (χ4n) is 4.29. The summed E-state index contributed by atoms with van der Waals surface area (Å²) in [4.78, 5) is 37.5. The number of nitrogens with zero attached hydrogens (tertiary/aromatic N) is 4. The van der Waals surface area contributed by atoms with E-state index in [9.17, 15) is 18.8 Å². The fraction of sp³-hybridized carbons (Fsp3) is 0.474. The van der Waals surface area contributed by atoms with Crippen LogP contribution in [0.5, 0.6) is 0 Å². The van der Waals surface area contributed by atoms with E-state index in [1.165, 1.54) is 11.0 Å². The lowest BCUT2D eigenvalue weighted by Crippen LogP contribution is -2.63. The van der Waals surface area contributed by atoms with Crippen molar-refractivity contribution in [2.24, 2.45) is 12.5 Å². The first-order chi connectivity index (χ1) is 13.4. The van der Waals surface area contributed by atoms with Crippen molar-refractivity contribution in [2.75, 3.05) is 29.4 Å². The normalized spacial score (nSPS) is 17.4. The van der Waals surface area contributed by atoms with E-state index in [4.69, 9.17) is 0 Å².